The molecule has 1 heterocycles. The summed E-state index contributed by atoms with van der Waals surface area (Å²) in [7, 11) is 3.10. The summed E-state index contributed by atoms with van der Waals surface area (Å²) in [5.74, 6) is -0.394. The molecule has 0 radical (unpaired) electrons. The third-order valence-electron chi connectivity index (χ3n) is 3.67. The third-order valence-corrected chi connectivity index (χ3v) is 3.67. The zero-order chi connectivity index (χ0) is 16.4. The lowest BCUT2D eigenvalue weighted by Crippen LogP contribution is -2.26. The summed E-state index contributed by atoms with van der Waals surface area (Å²) in [5.41, 5.74) is 2.06. The molecule has 0 aliphatic heterocycles. The Bertz CT molecular complexity index is 860. The second-order valence-corrected chi connectivity index (χ2v) is 5.30. The van der Waals surface area contributed by atoms with Crippen molar-refractivity contribution < 1.29 is 13.9 Å². The van der Waals surface area contributed by atoms with Crippen molar-refractivity contribution in [2.45, 2.75) is 6.54 Å². The number of methoxy groups -OCH3 is 1. The predicted octanol–water partition coefficient (Wildman–Crippen LogP) is 2.98. The minimum Gasteiger partial charge on any atom is -0.494 e. The summed E-state index contributed by atoms with van der Waals surface area (Å²) in [6, 6.07) is 10.0. The maximum Gasteiger partial charge on any atom is 0.253 e. The number of carbonyl (C=O) groups excluding carboxylic acids is 1. The Morgan fingerprint density at radius 1 is 1.30 bits per heavy atom. The van der Waals surface area contributed by atoms with E-state index in [2.05, 4.69) is 10.2 Å². The SMILES string of the molecule is COc1ccc(CN(C)C(=O)c2ccc3cn[nH]c3c2)cc1F. The lowest BCUT2D eigenvalue weighted by atomic mass is 10.1. The van der Waals surface area contributed by atoms with Gasteiger partial charge in [0, 0.05) is 24.5 Å². The average molecular weight is 313 g/mol. The van der Waals surface area contributed by atoms with Crippen LogP contribution >= 0.6 is 0 Å². The van der Waals surface area contributed by atoms with E-state index in [4.69, 9.17) is 4.74 Å². The number of carbonyl (C=O) groups is 1. The second kappa shape index (κ2) is 6.08. The molecule has 0 saturated heterocycles. The number of ether oxygens (including phenoxy) is 1. The molecule has 3 aromatic rings. The number of aromatic nitrogens is 2. The van der Waals surface area contributed by atoms with Crippen LogP contribution in [0.1, 0.15) is 15.9 Å². The number of aromatic amines is 1. The fourth-order valence-electron chi connectivity index (χ4n) is 2.44. The van der Waals surface area contributed by atoms with Crippen molar-refractivity contribution in [2.24, 2.45) is 0 Å². The minimum absolute atomic E-state index is 0.141. The summed E-state index contributed by atoms with van der Waals surface area (Å²) >= 11 is 0. The monoisotopic (exact) mass is 313 g/mol. The number of hydrogen-bond acceptors (Lipinski definition) is 3. The Morgan fingerprint density at radius 2 is 2.13 bits per heavy atom. The van der Waals surface area contributed by atoms with Crippen LogP contribution in [0, 0.1) is 5.82 Å². The lowest BCUT2D eigenvalue weighted by molar-refractivity contribution is 0.0785. The number of nitrogens with one attached hydrogen (secondary N) is 1. The number of nitrogens with zero attached hydrogens (tertiary/aromatic N) is 2. The lowest BCUT2D eigenvalue weighted by Gasteiger charge is -2.18. The molecule has 2 aromatic carbocycles. The van der Waals surface area contributed by atoms with Gasteiger partial charge in [-0.05, 0) is 29.8 Å². The van der Waals surface area contributed by atoms with Crippen LogP contribution in [0.25, 0.3) is 10.9 Å². The van der Waals surface area contributed by atoms with Crippen molar-refractivity contribution >= 4 is 16.8 Å². The number of fused-ring (bicyclic) bond motifs is 1. The zero-order valence-electron chi connectivity index (χ0n) is 12.8. The van der Waals surface area contributed by atoms with Crippen LogP contribution in [0.4, 0.5) is 4.39 Å². The Balaban J connectivity index is 1.77. The zero-order valence-corrected chi connectivity index (χ0v) is 12.8. The van der Waals surface area contributed by atoms with E-state index in [1.165, 1.54) is 13.2 Å². The van der Waals surface area contributed by atoms with Crippen molar-refractivity contribution in [1.82, 2.24) is 15.1 Å². The highest BCUT2D eigenvalue weighted by atomic mass is 19.1. The first-order valence-electron chi connectivity index (χ1n) is 7.09. The molecule has 1 N–H and O–H groups in total. The largest absolute Gasteiger partial charge is 0.494 e. The van der Waals surface area contributed by atoms with Gasteiger partial charge in [0.15, 0.2) is 11.6 Å². The summed E-state index contributed by atoms with van der Waals surface area (Å²) in [6.07, 6.45) is 1.70. The van der Waals surface area contributed by atoms with Crippen LogP contribution in [0.2, 0.25) is 0 Å². The molecule has 5 nitrogen and oxygen atoms in total. The van der Waals surface area contributed by atoms with E-state index in [1.54, 1.807) is 42.4 Å². The molecule has 0 spiro atoms. The van der Waals surface area contributed by atoms with Gasteiger partial charge in [-0.2, -0.15) is 5.10 Å². The molecule has 0 bridgehead atoms. The molecule has 118 valence electrons. The Morgan fingerprint density at radius 3 is 2.87 bits per heavy atom. The van der Waals surface area contributed by atoms with Gasteiger partial charge in [-0.25, -0.2) is 4.39 Å². The number of halogens is 1. The van der Waals surface area contributed by atoms with E-state index < -0.39 is 5.82 Å². The molecule has 23 heavy (non-hydrogen) atoms. The van der Waals surface area contributed by atoms with Gasteiger partial charge in [0.25, 0.3) is 5.91 Å². The molecule has 0 atom stereocenters. The Kier molecular flexibility index (Phi) is 3.97. The highest BCUT2D eigenvalue weighted by molar-refractivity contribution is 5.97. The number of benzene rings is 2. The van der Waals surface area contributed by atoms with Crippen LogP contribution in [-0.4, -0.2) is 35.2 Å². The van der Waals surface area contributed by atoms with Gasteiger partial charge in [-0.1, -0.05) is 12.1 Å². The van der Waals surface area contributed by atoms with Gasteiger partial charge in [0.2, 0.25) is 0 Å². The number of hydrogen-bond donors (Lipinski definition) is 1. The summed E-state index contributed by atoms with van der Waals surface area (Å²) < 4.78 is 18.6. The first-order chi connectivity index (χ1) is 11.1. The van der Waals surface area contributed by atoms with Gasteiger partial charge < -0.3 is 9.64 Å². The molecule has 6 heteroatoms. The molecule has 1 aromatic heterocycles. The molecule has 3 rings (SSSR count). The van der Waals surface area contributed by atoms with E-state index in [9.17, 15) is 9.18 Å². The maximum absolute atomic E-state index is 13.7. The van der Waals surface area contributed by atoms with Gasteiger partial charge in [-0.3, -0.25) is 9.89 Å². The van der Waals surface area contributed by atoms with Crippen LogP contribution < -0.4 is 4.74 Å². The standard InChI is InChI=1S/C17H16FN3O2/c1-21(10-11-3-6-16(23-2)14(18)7-11)17(22)12-4-5-13-9-19-20-15(13)8-12/h3-9H,10H2,1-2H3,(H,19,20). The molecule has 0 aliphatic carbocycles. The van der Waals surface area contributed by atoms with Gasteiger partial charge >= 0.3 is 0 Å². The van der Waals surface area contributed by atoms with E-state index in [1.807, 2.05) is 6.07 Å². The molecule has 0 saturated carbocycles. The summed E-state index contributed by atoms with van der Waals surface area (Å²) in [4.78, 5) is 14.0. The molecular formula is C17H16FN3O2. The van der Waals surface area contributed by atoms with Gasteiger partial charge in [0.05, 0.1) is 18.8 Å². The maximum atomic E-state index is 13.7. The highest BCUT2D eigenvalue weighted by Crippen LogP contribution is 2.19. The van der Waals surface area contributed by atoms with Crippen molar-refractivity contribution in [1.29, 1.82) is 0 Å². The quantitative estimate of drug-likeness (QED) is 0.805. The predicted molar refractivity (Wildman–Crippen MR) is 84.8 cm³/mol. The number of amides is 1. The number of rotatable bonds is 4. The average Bonchev–Trinajstić information content (AvgIpc) is 3.01. The van der Waals surface area contributed by atoms with Crippen molar-refractivity contribution in [3.8, 4) is 5.75 Å². The molecule has 1 amide bonds. The van der Waals surface area contributed by atoms with E-state index >= 15 is 0 Å². The Labute approximate surface area is 132 Å². The van der Waals surface area contributed by atoms with Crippen molar-refractivity contribution in [2.75, 3.05) is 14.2 Å². The van der Waals surface area contributed by atoms with E-state index in [0.717, 1.165) is 10.9 Å². The second-order valence-electron chi connectivity index (χ2n) is 5.30. The fourth-order valence-corrected chi connectivity index (χ4v) is 2.44. The third kappa shape index (κ3) is 3.01. The highest BCUT2D eigenvalue weighted by Gasteiger charge is 2.14. The number of H-pyrrole nitrogens is 1. The molecule has 0 unspecified atom stereocenters. The molecule has 0 fully saturated rings. The topological polar surface area (TPSA) is 58.2 Å². The van der Waals surface area contributed by atoms with Crippen LogP contribution in [0.3, 0.4) is 0 Å². The summed E-state index contributed by atoms with van der Waals surface area (Å²) in [6.45, 7) is 0.306. The van der Waals surface area contributed by atoms with E-state index in [-0.39, 0.29) is 11.7 Å². The molecular weight excluding hydrogens is 297 g/mol. The normalized spacial score (nSPS) is 10.7. The van der Waals surface area contributed by atoms with Crippen molar-refractivity contribution in [3.05, 3.63) is 59.5 Å². The van der Waals surface area contributed by atoms with E-state index in [0.29, 0.717) is 17.7 Å². The van der Waals surface area contributed by atoms with Crippen LogP contribution in [0.5, 0.6) is 5.75 Å². The summed E-state index contributed by atoms with van der Waals surface area (Å²) in [5, 5.41) is 7.72. The minimum atomic E-state index is -0.440. The van der Waals surface area contributed by atoms with Gasteiger partial charge in [-0.15, -0.1) is 0 Å². The first-order valence-corrected chi connectivity index (χ1v) is 7.09. The Hall–Kier alpha value is -2.89. The van der Waals surface area contributed by atoms with Crippen molar-refractivity contribution in [3.63, 3.8) is 0 Å². The van der Waals surface area contributed by atoms with Crippen LogP contribution in [-0.2, 0) is 6.54 Å². The smallest absolute Gasteiger partial charge is 0.253 e. The van der Waals surface area contributed by atoms with Crippen LogP contribution in [0.15, 0.2) is 42.6 Å². The first kappa shape index (κ1) is 15.0. The van der Waals surface area contributed by atoms with Gasteiger partial charge in [0.1, 0.15) is 0 Å². The molecule has 0 aliphatic rings. The fraction of sp³-hybridized carbons (Fsp3) is 0.176.